The van der Waals surface area contributed by atoms with Gasteiger partial charge in [0.15, 0.2) is 6.10 Å². The number of unbranched alkanes of at least 4 members (excludes halogenated alkanes) is 40. The molecular weight excluding hydrogens is 1010 g/mol. The van der Waals surface area contributed by atoms with Crippen molar-refractivity contribution in [3.8, 4) is 0 Å². The van der Waals surface area contributed by atoms with Crippen LogP contribution in [0, 0.1) is 0 Å². The first-order chi connectivity index (χ1) is 40.5. The Balaban J connectivity index is 4.29. The van der Waals surface area contributed by atoms with Crippen LogP contribution in [0.4, 0.5) is 0 Å². The van der Waals surface area contributed by atoms with Crippen molar-refractivity contribution < 1.29 is 28.6 Å². The molecule has 0 aromatic carbocycles. The Morgan fingerprint density at radius 3 is 0.756 bits per heavy atom. The zero-order chi connectivity index (χ0) is 59.2. The number of allylic oxidation sites excluding steroid dienone is 14. The van der Waals surface area contributed by atoms with E-state index in [1.54, 1.807) is 0 Å². The second-order valence-electron chi connectivity index (χ2n) is 23.8. The summed E-state index contributed by atoms with van der Waals surface area (Å²) in [7, 11) is 0. The largest absolute Gasteiger partial charge is 0.462 e. The summed E-state index contributed by atoms with van der Waals surface area (Å²) in [6.07, 6.45) is 93.2. The zero-order valence-corrected chi connectivity index (χ0v) is 54.5. The van der Waals surface area contributed by atoms with Crippen LogP contribution in [0.3, 0.4) is 0 Å². The van der Waals surface area contributed by atoms with Gasteiger partial charge in [0.2, 0.25) is 0 Å². The zero-order valence-electron chi connectivity index (χ0n) is 54.5. The molecule has 0 saturated carbocycles. The lowest BCUT2D eigenvalue weighted by Gasteiger charge is -2.18. The van der Waals surface area contributed by atoms with Crippen molar-refractivity contribution in [2.45, 2.75) is 367 Å². The van der Waals surface area contributed by atoms with E-state index < -0.39 is 6.10 Å². The smallest absolute Gasteiger partial charge is 0.306 e. The third-order valence-electron chi connectivity index (χ3n) is 15.6. The van der Waals surface area contributed by atoms with Gasteiger partial charge in [-0.25, -0.2) is 0 Å². The van der Waals surface area contributed by atoms with Crippen LogP contribution in [0.1, 0.15) is 361 Å². The van der Waals surface area contributed by atoms with Crippen LogP contribution in [0.5, 0.6) is 0 Å². The fourth-order valence-electron chi connectivity index (χ4n) is 10.3. The first-order valence-electron chi connectivity index (χ1n) is 35.6. The summed E-state index contributed by atoms with van der Waals surface area (Å²) in [5.41, 5.74) is 0. The molecule has 1 unspecified atom stereocenters. The number of ether oxygens (including phenoxy) is 3. The van der Waals surface area contributed by atoms with Gasteiger partial charge in [-0.15, -0.1) is 0 Å². The molecular formula is C76H134O6. The van der Waals surface area contributed by atoms with E-state index in [0.717, 1.165) is 96.3 Å². The monoisotopic (exact) mass is 1140 g/mol. The Morgan fingerprint density at radius 1 is 0.256 bits per heavy atom. The molecule has 0 N–H and O–H groups in total. The quantitative estimate of drug-likeness (QED) is 0.0261. The molecule has 0 bridgehead atoms. The molecule has 0 aliphatic carbocycles. The molecule has 0 aromatic heterocycles. The minimum absolute atomic E-state index is 0.0777. The number of rotatable bonds is 65. The maximum Gasteiger partial charge on any atom is 0.306 e. The highest BCUT2D eigenvalue weighted by atomic mass is 16.6. The van der Waals surface area contributed by atoms with Crippen molar-refractivity contribution in [3.05, 3.63) is 85.1 Å². The Labute approximate surface area is 509 Å². The standard InChI is InChI=1S/C76H134O6/c1-4-7-10-13-16-19-22-25-28-30-32-34-36-38-40-42-44-46-48-51-54-57-60-63-66-69-75(78)81-72-73(71-80-74(77)68-65-62-59-56-53-50-27-24-21-18-15-12-9-6-3)82-76(79)70-67-64-61-58-55-52-49-47-45-43-41-39-37-35-33-31-29-26-23-20-17-14-11-8-5-2/h7,10,16,19,23-28,31-34,73H,4-6,8-9,11-15,17-18,20-22,29-30,35-72H2,1-3H3/b10-7-,19-16-,26-23-,27-24-,28-25-,33-31-,34-32-. The molecule has 6 heteroatoms. The normalized spacial score (nSPS) is 12.6. The molecule has 0 aliphatic heterocycles. The lowest BCUT2D eigenvalue weighted by atomic mass is 10.0. The summed E-state index contributed by atoms with van der Waals surface area (Å²) in [5.74, 6) is -0.870. The van der Waals surface area contributed by atoms with Crippen molar-refractivity contribution in [3.63, 3.8) is 0 Å². The summed E-state index contributed by atoms with van der Waals surface area (Å²) >= 11 is 0. The number of esters is 3. The van der Waals surface area contributed by atoms with E-state index in [-0.39, 0.29) is 31.1 Å². The van der Waals surface area contributed by atoms with Crippen LogP contribution >= 0.6 is 0 Å². The SMILES string of the molecule is CC/C=C\C/C=C\C/C=C\C/C=C\CCCCCCCCCCCCCCC(=O)OCC(COC(=O)CCCCCCC/C=C\CCCCCCC)OC(=O)CCCCCCCCCCCCCCC/C=C\C/C=C\CCCCCCC. The molecule has 0 heterocycles. The van der Waals surface area contributed by atoms with Crippen LogP contribution in [0.15, 0.2) is 85.1 Å². The fourth-order valence-corrected chi connectivity index (χ4v) is 10.3. The maximum atomic E-state index is 13.0. The summed E-state index contributed by atoms with van der Waals surface area (Å²) < 4.78 is 17.0. The van der Waals surface area contributed by atoms with Gasteiger partial charge in [-0.1, -0.05) is 311 Å². The fraction of sp³-hybridized carbons (Fsp3) is 0.776. The van der Waals surface area contributed by atoms with Crippen LogP contribution < -0.4 is 0 Å². The Bertz CT molecular complexity index is 1550. The summed E-state index contributed by atoms with van der Waals surface area (Å²) in [6.45, 7) is 6.55. The average molecular weight is 1140 g/mol. The molecule has 0 aliphatic rings. The first-order valence-corrected chi connectivity index (χ1v) is 35.6. The second kappa shape index (κ2) is 70.1. The van der Waals surface area contributed by atoms with E-state index in [4.69, 9.17) is 14.2 Å². The van der Waals surface area contributed by atoms with E-state index in [1.165, 1.54) is 225 Å². The molecule has 0 radical (unpaired) electrons. The van der Waals surface area contributed by atoms with Crippen LogP contribution in [0.2, 0.25) is 0 Å². The predicted octanol–water partition coefficient (Wildman–Crippen LogP) is 24.6. The molecule has 1 atom stereocenters. The van der Waals surface area contributed by atoms with Gasteiger partial charge in [0.25, 0.3) is 0 Å². The van der Waals surface area contributed by atoms with Gasteiger partial charge in [-0.2, -0.15) is 0 Å². The predicted molar refractivity (Wildman–Crippen MR) is 358 cm³/mol. The minimum Gasteiger partial charge on any atom is -0.462 e. The van der Waals surface area contributed by atoms with E-state index in [2.05, 4.69) is 106 Å². The number of carbonyl (C=O) groups is 3. The molecule has 0 saturated heterocycles. The molecule has 6 nitrogen and oxygen atoms in total. The van der Waals surface area contributed by atoms with Crippen LogP contribution in [-0.2, 0) is 28.6 Å². The van der Waals surface area contributed by atoms with Crippen molar-refractivity contribution in [1.82, 2.24) is 0 Å². The van der Waals surface area contributed by atoms with Crippen molar-refractivity contribution in [1.29, 1.82) is 0 Å². The van der Waals surface area contributed by atoms with Crippen molar-refractivity contribution >= 4 is 17.9 Å². The highest BCUT2D eigenvalue weighted by molar-refractivity contribution is 5.71. The molecule has 0 amide bonds. The lowest BCUT2D eigenvalue weighted by molar-refractivity contribution is -0.167. The maximum absolute atomic E-state index is 13.0. The molecule has 474 valence electrons. The Kier molecular flexibility index (Phi) is 67.2. The van der Waals surface area contributed by atoms with Gasteiger partial charge in [-0.05, 0) is 116 Å². The van der Waals surface area contributed by atoms with Crippen LogP contribution in [-0.4, -0.2) is 37.2 Å². The van der Waals surface area contributed by atoms with Gasteiger partial charge in [0.05, 0.1) is 0 Å². The Hall–Kier alpha value is -3.41. The van der Waals surface area contributed by atoms with Gasteiger partial charge in [0.1, 0.15) is 13.2 Å². The second-order valence-corrected chi connectivity index (χ2v) is 23.8. The first kappa shape index (κ1) is 78.6. The van der Waals surface area contributed by atoms with Gasteiger partial charge >= 0.3 is 17.9 Å². The number of hydrogen-bond donors (Lipinski definition) is 0. The molecule has 82 heavy (non-hydrogen) atoms. The summed E-state index contributed by atoms with van der Waals surface area (Å²) in [6, 6.07) is 0. The van der Waals surface area contributed by atoms with Crippen molar-refractivity contribution in [2.24, 2.45) is 0 Å². The van der Waals surface area contributed by atoms with E-state index in [9.17, 15) is 14.4 Å². The minimum atomic E-state index is -0.782. The topological polar surface area (TPSA) is 78.9 Å². The summed E-state index contributed by atoms with van der Waals surface area (Å²) in [5, 5.41) is 0. The highest BCUT2D eigenvalue weighted by Gasteiger charge is 2.19. The summed E-state index contributed by atoms with van der Waals surface area (Å²) in [4.78, 5) is 38.5. The van der Waals surface area contributed by atoms with Crippen LogP contribution in [0.25, 0.3) is 0 Å². The number of hydrogen-bond acceptors (Lipinski definition) is 6. The third-order valence-corrected chi connectivity index (χ3v) is 15.6. The Morgan fingerprint density at radius 2 is 0.476 bits per heavy atom. The molecule has 0 aromatic rings. The molecule has 0 spiro atoms. The molecule has 0 fully saturated rings. The van der Waals surface area contributed by atoms with Crippen molar-refractivity contribution in [2.75, 3.05) is 13.2 Å². The number of carbonyl (C=O) groups excluding carboxylic acids is 3. The molecule has 0 rings (SSSR count). The van der Waals surface area contributed by atoms with E-state index in [0.29, 0.717) is 19.3 Å². The van der Waals surface area contributed by atoms with E-state index in [1.807, 2.05) is 0 Å². The highest BCUT2D eigenvalue weighted by Crippen LogP contribution is 2.17. The third kappa shape index (κ3) is 67.4. The lowest BCUT2D eigenvalue weighted by Crippen LogP contribution is -2.30. The van der Waals surface area contributed by atoms with Gasteiger partial charge in [-0.3, -0.25) is 14.4 Å². The van der Waals surface area contributed by atoms with E-state index >= 15 is 0 Å². The van der Waals surface area contributed by atoms with Gasteiger partial charge in [0, 0.05) is 19.3 Å². The van der Waals surface area contributed by atoms with Gasteiger partial charge < -0.3 is 14.2 Å². The average Bonchev–Trinajstić information content (AvgIpc) is 3.47.